The smallest absolute Gasteiger partial charge is 0.261 e. The van der Waals surface area contributed by atoms with Crippen LogP contribution in [0.3, 0.4) is 0 Å². The third-order valence-corrected chi connectivity index (χ3v) is 3.03. The fraction of sp³-hybridized carbons (Fsp3) is 1.00. The van der Waals surface area contributed by atoms with E-state index in [-0.39, 0.29) is 0 Å². The summed E-state index contributed by atoms with van der Waals surface area (Å²) in [7, 11) is -3.67. The number of rotatable bonds is 5. The van der Waals surface area contributed by atoms with Crippen molar-refractivity contribution in [2.24, 2.45) is 5.92 Å². The molecular formula is C12H27NO3S. The molecule has 0 radical (unpaired) electrons. The van der Waals surface area contributed by atoms with Crippen molar-refractivity contribution in [3.05, 3.63) is 0 Å². The lowest BCUT2D eigenvalue weighted by atomic mass is 10.1. The number of nitrogens with zero attached hydrogens (tertiary/aromatic N) is 1. The van der Waals surface area contributed by atoms with Crippen molar-refractivity contribution < 1.29 is 13.0 Å². The maximum atomic E-state index is 9.19. The maximum absolute atomic E-state index is 9.19. The average Bonchev–Trinajstić information content (AvgIpc) is 2.64. The van der Waals surface area contributed by atoms with Crippen molar-refractivity contribution in [3.63, 3.8) is 0 Å². The Hall–Kier alpha value is -0.130. The summed E-state index contributed by atoms with van der Waals surface area (Å²) in [5.74, 6) is 1.01. The van der Waals surface area contributed by atoms with Gasteiger partial charge >= 0.3 is 0 Å². The summed E-state index contributed by atoms with van der Waals surface area (Å²) in [5, 5.41) is 0. The first-order valence-electron chi connectivity index (χ1n) is 6.51. The largest absolute Gasteiger partial charge is 0.303 e. The molecule has 1 fully saturated rings. The molecule has 0 saturated carbocycles. The molecule has 1 atom stereocenters. The third-order valence-electron chi connectivity index (χ3n) is 3.03. The molecule has 1 N–H and O–H groups in total. The monoisotopic (exact) mass is 265 g/mol. The Bertz CT molecular complexity index is 269. The van der Waals surface area contributed by atoms with Crippen LogP contribution in [0.1, 0.15) is 46.0 Å². The van der Waals surface area contributed by atoms with Gasteiger partial charge in [-0.15, -0.1) is 0 Å². The molecule has 4 nitrogen and oxygen atoms in total. The van der Waals surface area contributed by atoms with Gasteiger partial charge in [-0.1, -0.05) is 33.1 Å². The lowest BCUT2D eigenvalue weighted by Gasteiger charge is -2.14. The van der Waals surface area contributed by atoms with Crippen LogP contribution in [0.2, 0.25) is 0 Å². The molecule has 1 aliphatic heterocycles. The van der Waals surface area contributed by atoms with Crippen LogP contribution in [0.4, 0.5) is 0 Å². The van der Waals surface area contributed by atoms with Gasteiger partial charge < -0.3 is 4.90 Å². The van der Waals surface area contributed by atoms with Crippen LogP contribution in [-0.4, -0.2) is 43.8 Å². The second-order valence-electron chi connectivity index (χ2n) is 4.80. The molecule has 17 heavy (non-hydrogen) atoms. The van der Waals surface area contributed by atoms with Gasteiger partial charge in [-0.3, -0.25) is 4.55 Å². The van der Waals surface area contributed by atoms with Gasteiger partial charge in [0.25, 0.3) is 10.1 Å². The predicted molar refractivity (Wildman–Crippen MR) is 71.8 cm³/mol. The molecular weight excluding hydrogens is 238 g/mol. The third kappa shape index (κ3) is 12.1. The van der Waals surface area contributed by atoms with E-state index in [0.29, 0.717) is 6.26 Å². The molecule has 104 valence electrons. The molecule has 0 aromatic heterocycles. The van der Waals surface area contributed by atoms with Gasteiger partial charge in [0.1, 0.15) is 0 Å². The van der Waals surface area contributed by atoms with E-state index in [4.69, 9.17) is 4.55 Å². The van der Waals surface area contributed by atoms with Crippen LogP contribution < -0.4 is 0 Å². The second-order valence-corrected chi connectivity index (χ2v) is 6.27. The summed E-state index contributed by atoms with van der Waals surface area (Å²) >= 11 is 0. The molecule has 0 bridgehead atoms. The zero-order valence-electron chi connectivity index (χ0n) is 11.4. The van der Waals surface area contributed by atoms with Crippen LogP contribution in [0, 0.1) is 5.92 Å². The topological polar surface area (TPSA) is 57.6 Å². The van der Waals surface area contributed by atoms with E-state index in [1.807, 2.05) is 0 Å². The molecule has 0 spiro atoms. The van der Waals surface area contributed by atoms with Gasteiger partial charge in [0.05, 0.1) is 6.26 Å². The summed E-state index contributed by atoms with van der Waals surface area (Å²) in [6.07, 6.45) is 7.71. The molecule has 0 amide bonds. The highest BCUT2D eigenvalue weighted by Gasteiger charge is 2.19. The number of hydrogen-bond donors (Lipinski definition) is 1. The van der Waals surface area contributed by atoms with E-state index in [1.165, 1.54) is 51.7 Å². The van der Waals surface area contributed by atoms with E-state index in [2.05, 4.69) is 18.7 Å². The molecule has 1 aliphatic rings. The standard InChI is InChI=1S/C11H23N.CH4O3S/c1-3-5-6-8-12-9-7-11(4-2)10-12;1-5(2,3)4/h11H,3-10H2,1-2H3;1H3,(H,2,3,4). The molecule has 1 rings (SSSR count). The fourth-order valence-corrected chi connectivity index (χ4v) is 2.03. The first kappa shape index (κ1) is 16.9. The lowest BCUT2D eigenvalue weighted by molar-refractivity contribution is 0.314. The molecule has 0 aromatic rings. The Morgan fingerprint density at radius 1 is 1.29 bits per heavy atom. The highest BCUT2D eigenvalue weighted by atomic mass is 32.2. The Labute approximate surface area is 106 Å². The summed E-state index contributed by atoms with van der Waals surface area (Å²) in [5.41, 5.74) is 0. The normalized spacial score (nSPS) is 21.1. The molecule has 0 aliphatic carbocycles. The molecule has 1 saturated heterocycles. The first-order valence-corrected chi connectivity index (χ1v) is 8.36. The number of likely N-dealkylation sites (tertiary alicyclic amines) is 1. The number of hydrogen-bond acceptors (Lipinski definition) is 3. The Morgan fingerprint density at radius 2 is 1.88 bits per heavy atom. The fourth-order valence-electron chi connectivity index (χ4n) is 2.03. The van der Waals surface area contributed by atoms with Crippen molar-refractivity contribution in [2.75, 3.05) is 25.9 Å². The molecule has 1 unspecified atom stereocenters. The Morgan fingerprint density at radius 3 is 2.29 bits per heavy atom. The van der Waals surface area contributed by atoms with Crippen molar-refractivity contribution in [1.29, 1.82) is 0 Å². The molecule has 1 heterocycles. The van der Waals surface area contributed by atoms with E-state index < -0.39 is 10.1 Å². The highest BCUT2D eigenvalue weighted by molar-refractivity contribution is 7.85. The Balaban J connectivity index is 0.000000437. The summed E-state index contributed by atoms with van der Waals surface area (Å²) in [4.78, 5) is 2.64. The minimum Gasteiger partial charge on any atom is -0.303 e. The zero-order valence-corrected chi connectivity index (χ0v) is 12.2. The van der Waals surface area contributed by atoms with Gasteiger partial charge in [-0.2, -0.15) is 8.42 Å². The quantitative estimate of drug-likeness (QED) is 0.612. The summed E-state index contributed by atoms with van der Waals surface area (Å²) in [6.45, 7) is 8.69. The van der Waals surface area contributed by atoms with Crippen LogP contribution >= 0.6 is 0 Å². The summed E-state index contributed by atoms with van der Waals surface area (Å²) in [6, 6.07) is 0. The maximum Gasteiger partial charge on any atom is 0.261 e. The summed E-state index contributed by atoms with van der Waals surface area (Å²) < 4.78 is 25.9. The van der Waals surface area contributed by atoms with E-state index in [1.54, 1.807) is 0 Å². The van der Waals surface area contributed by atoms with Crippen LogP contribution in [0.25, 0.3) is 0 Å². The highest BCUT2D eigenvalue weighted by Crippen LogP contribution is 2.19. The van der Waals surface area contributed by atoms with Gasteiger partial charge in [0.15, 0.2) is 0 Å². The van der Waals surface area contributed by atoms with Crippen molar-refractivity contribution in [2.45, 2.75) is 46.0 Å². The first-order chi connectivity index (χ1) is 7.86. The van der Waals surface area contributed by atoms with Gasteiger partial charge in [0.2, 0.25) is 0 Å². The predicted octanol–water partition coefficient (Wildman–Crippen LogP) is 2.41. The van der Waals surface area contributed by atoms with Gasteiger partial charge in [-0.05, 0) is 31.8 Å². The van der Waals surface area contributed by atoms with Crippen LogP contribution in [0.15, 0.2) is 0 Å². The van der Waals surface area contributed by atoms with E-state index in [9.17, 15) is 8.42 Å². The van der Waals surface area contributed by atoms with Crippen LogP contribution in [0.5, 0.6) is 0 Å². The number of unbranched alkanes of at least 4 members (excludes halogenated alkanes) is 2. The Kier molecular flexibility index (Phi) is 8.82. The van der Waals surface area contributed by atoms with E-state index in [0.717, 1.165) is 5.92 Å². The average molecular weight is 265 g/mol. The lowest BCUT2D eigenvalue weighted by Crippen LogP contribution is -2.21. The minimum absolute atomic E-state index is 0.715. The second kappa shape index (κ2) is 8.89. The van der Waals surface area contributed by atoms with E-state index >= 15 is 0 Å². The van der Waals surface area contributed by atoms with Crippen molar-refractivity contribution >= 4 is 10.1 Å². The van der Waals surface area contributed by atoms with Crippen LogP contribution in [-0.2, 0) is 10.1 Å². The minimum atomic E-state index is -3.67. The van der Waals surface area contributed by atoms with Crippen molar-refractivity contribution in [1.82, 2.24) is 4.90 Å². The van der Waals surface area contributed by atoms with Gasteiger partial charge in [0, 0.05) is 6.54 Å². The van der Waals surface area contributed by atoms with Gasteiger partial charge in [-0.25, -0.2) is 0 Å². The van der Waals surface area contributed by atoms with Crippen molar-refractivity contribution in [3.8, 4) is 0 Å². The molecule has 5 heteroatoms. The zero-order chi connectivity index (χ0) is 13.3. The molecule has 0 aromatic carbocycles. The SMILES string of the molecule is CCCCCN1CCC(CC)C1.CS(=O)(=O)O.